The Labute approximate surface area is 205 Å². The van der Waals surface area contributed by atoms with Crippen molar-refractivity contribution in [3.8, 4) is 11.1 Å². The van der Waals surface area contributed by atoms with Gasteiger partial charge in [0.2, 0.25) is 5.91 Å². The number of hydrogen-bond acceptors (Lipinski definition) is 6. The molecule has 1 aromatic carbocycles. The van der Waals surface area contributed by atoms with Crippen LogP contribution in [0.2, 0.25) is 0 Å². The summed E-state index contributed by atoms with van der Waals surface area (Å²) in [6, 6.07) is 10.0. The molecule has 6 rings (SSSR count). The second-order valence-corrected chi connectivity index (χ2v) is 10.4. The van der Waals surface area contributed by atoms with Crippen molar-refractivity contribution in [3.63, 3.8) is 0 Å². The number of piperidine rings is 1. The Bertz CT molecular complexity index is 1450. The van der Waals surface area contributed by atoms with Crippen molar-refractivity contribution in [2.24, 2.45) is 0 Å². The predicted molar refractivity (Wildman–Crippen MR) is 135 cm³/mol. The molecule has 9 heteroatoms. The fourth-order valence-corrected chi connectivity index (χ4v) is 6.18. The van der Waals surface area contributed by atoms with E-state index in [1.165, 1.54) is 6.33 Å². The lowest BCUT2D eigenvalue weighted by atomic mass is 9.74. The molecule has 8 nitrogen and oxygen atoms in total. The predicted octanol–water partition coefficient (Wildman–Crippen LogP) is 3.26. The van der Waals surface area contributed by atoms with Crippen LogP contribution in [0.15, 0.2) is 67.6 Å². The third kappa shape index (κ3) is 3.54. The van der Waals surface area contributed by atoms with Gasteiger partial charge in [-0.15, -0.1) is 0 Å². The van der Waals surface area contributed by atoms with Crippen molar-refractivity contribution in [3.05, 3.63) is 78.9 Å². The van der Waals surface area contributed by atoms with E-state index >= 15 is 0 Å². The lowest BCUT2D eigenvalue weighted by Gasteiger charge is -2.37. The summed E-state index contributed by atoms with van der Waals surface area (Å²) in [6.45, 7) is 1.55. The number of hydrogen-bond donors (Lipinski definition) is 0. The fourth-order valence-electron chi connectivity index (χ4n) is 5.48. The van der Waals surface area contributed by atoms with Gasteiger partial charge >= 0.3 is 0 Å². The van der Waals surface area contributed by atoms with Gasteiger partial charge in [0, 0.05) is 60.6 Å². The molecule has 5 heterocycles. The van der Waals surface area contributed by atoms with Crippen molar-refractivity contribution in [1.29, 1.82) is 0 Å². The highest BCUT2D eigenvalue weighted by Crippen LogP contribution is 2.48. The van der Waals surface area contributed by atoms with E-state index in [0.29, 0.717) is 32.5 Å². The van der Waals surface area contributed by atoms with E-state index in [1.54, 1.807) is 31.0 Å². The first kappa shape index (κ1) is 21.9. The number of pyridine rings is 2. The smallest absolute Gasteiger partial charge is 0.238 e. The van der Waals surface area contributed by atoms with Crippen LogP contribution in [0.5, 0.6) is 0 Å². The summed E-state index contributed by atoms with van der Waals surface area (Å²) in [7, 11) is -1.04. The number of amides is 1. The van der Waals surface area contributed by atoms with Crippen molar-refractivity contribution in [2.45, 2.75) is 24.8 Å². The Morgan fingerprint density at radius 2 is 1.77 bits per heavy atom. The van der Waals surface area contributed by atoms with Crippen LogP contribution in [-0.2, 0) is 27.7 Å². The number of fused-ring (bicyclic) bond motifs is 3. The van der Waals surface area contributed by atoms with Gasteiger partial charge in [0.25, 0.3) is 0 Å². The minimum atomic E-state index is -1.04. The molecule has 1 fully saturated rings. The highest BCUT2D eigenvalue weighted by Gasteiger charge is 2.52. The molecular weight excluding hydrogens is 460 g/mol. The van der Waals surface area contributed by atoms with Crippen molar-refractivity contribution >= 4 is 33.4 Å². The summed E-state index contributed by atoms with van der Waals surface area (Å²) in [5, 5.41) is 2.06. The zero-order valence-electron chi connectivity index (χ0n) is 19.3. The van der Waals surface area contributed by atoms with Gasteiger partial charge in [-0.2, -0.15) is 0 Å². The Hall–Kier alpha value is -3.56. The zero-order chi connectivity index (χ0) is 24.0. The van der Waals surface area contributed by atoms with Crippen LogP contribution in [-0.4, -0.2) is 53.7 Å². The molecule has 1 unspecified atom stereocenters. The lowest BCUT2D eigenvalue weighted by Crippen LogP contribution is -2.48. The van der Waals surface area contributed by atoms with Crippen molar-refractivity contribution in [1.82, 2.24) is 24.2 Å². The number of anilines is 1. The van der Waals surface area contributed by atoms with Gasteiger partial charge in [-0.1, -0.05) is 24.3 Å². The maximum Gasteiger partial charge on any atom is 0.238 e. The van der Waals surface area contributed by atoms with E-state index in [2.05, 4.69) is 21.0 Å². The first-order chi connectivity index (χ1) is 17.1. The first-order valence-electron chi connectivity index (χ1n) is 11.6. The quantitative estimate of drug-likeness (QED) is 0.442. The van der Waals surface area contributed by atoms with Gasteiger partial charge in [0.05, 0.1) is 40.5 Å². The average molecular weight is 485 g/mol. The van der Waals surface area contributed by atoms with Crippen molar-refractivity contribution < 1.29 is 9.00 Å². The highest BCUT2D eigenvalue weighted by molar-refractivity contribution is 7.81. The maximum atomic E-state index is 14.1. The van der Waals surface area contributed by atoms with E-state index in [9.17, 15) is 9.00 Å². The Kier molecular flexibility index (Phi) is 5.38. The third-order valence-corrected chi connectivity index (χ3v) is 8.33. The average Bonchev–Trinajstić information content (AvgIpc) is 3.12. The topological polar surface area (TPSA) is 92.2 Å². The molecule has 0 bridgehead atoms. The summed E-state index contributed by atoms with van der Waals surface area (Å²) < 4.78 is 14.0. The summed E-state index contributed by atoms with van der Waals surface area (Å²) in [4.78, 5) is 33.5. The normalized spacial score (nSPS) is 18.2. The van der Waals surface area contributed by atoms with Crippen molar-refractivity contribution in [2.75, 3.05) is 24.2 Å². The standard InChI is InChI=1S/C26H24N6O2S/c1-35(34)31-10-7-26(8-11-31)21-6-9-27-15-23(21)32(25(26)33)16-22-24(19-12-28-17-29-13-19)20-5-3-2-4-18(20)14-30-22/h2-6,9,12-15,17H,7-8,10-11,16H2,1H3. The molecule has 1 spiro atoms. The Morgan fingerprint density at radius 3 is 2.54 bits per heavy atom. The summed E-state index contributed by atoms with van der Waals surface area (Å²) in [6.07, 6.45) is 13.4. The lowest BCUT2D eigenvalue weighted by molar-refractivity contribution is -0.124. The number of benzene rings is 1. The van der Waals surface area contributed by atoms with Crippen LogP contribution in [0.3, 0.4) is 0 Å². The molecule has 0 N–H and O–H groups in total. The first-order valence-corrected chi connectivity index (χ1v) is 13.1. The molecule has 0 aliphatic carbocycles. The number of nitrogens with zero attached hydrogens (tertiary/aromatic N) is 6. The minimum Gasteiger partial charge on any atom is -0.304 e. The molecule has 35 heavy (non-hydrogen) atoms. The number of carbonyl (C=O) groups is 1. The van der Waals surface area contributed by atoms with Gasteiger partial charge in [0.15, 0.2) is 0 Å². The summed E-state index contributed by atoms with van der Waals surface area (Å²) in [5.41, 5.74) is 3.78. The maximum absolute atomic E-state index is 14.1. The summed E-state index contributed by atoms with van der Waals surface area (Å²) in [5.74, 6) is 0.0623. The van der Waals surface area contributed by atoms with Crippen LogP contribution in [0.1, 0.15) is 24.1 Å². The SMILES string of the molecule is CS(=O)N1CCC2(CC1)C(=O)N(Cc1ncc3ccccc3c1-c1cncnc1)c1cnccc12. The monoisotopic (exact) mass is 484 g/mol. The molecule has 2 aliphatic heterocycles. The minimum absolute atomic E-state index is 0.0623. The third-order valence-electron chi connectivity index (χ3n) is 7.24. The molecule has 1 amide bonds. The molecule has 4 aromatic rings. The molecule has 2 aliphatic rings. The van der Waals surface area contributed by atoms with Gasteiger partial charge in [-0.3, -0.25) is 14.8 Å². The van der Waals surface area contributed by atoms with Crippen LogP contribution in [0.25, 0.3) is 21.9 Å². The number of aromatic nitrogens is 4. The molecule has 0 saturated carbocycles. The Balaban J connectivity index is 1.44. The second-order valence-electron chi connectivity index (χ2n) is 9.01. The van der Waals surface area contributed by atoms with E-state index in [1.807, 2.05) is 39.7 Å². The van der Waals surface area contributed by atoms with Gasteiger partial charge in [0.1, 0.15) is 6.33 Å². The highest BCUT2D eigenvalue weighted by atomic mass is 32.2. The van der Waals surface area contributed by atoms with E-state index < -0.39 is 16.4 Å². The Morgan fingerprint density at radius 1 is 1.00 bits per heavy atom. The zero-order valence-corrected chi connectivity index (χ0v) is 20.1. The molecule has 176 valence electrons. The van der Waals surface area contributed by atoms with Crippen LogP contribution >= 0.6 is 0 Å². The molecule has 1 saturated heterocycles. The van der Waals surface area contributed by atoms with E-state index in [-0.39, 0.29) is 5.91 Å². The second kappa shape index (κ2) is 8.58. The van der Waals surface area contributed by atoms with E-state index in [0.717, 1.165) is 38.8 Å². The van der Waals surface area contributed by atoms with Gasteiger partial charge in [-0.25, -0.2) is 18.5 Å². The van der Waals surface area contributed by atoms with Crippen LogP contribution < -0.4 is 4.90 Å². The molecular formula is C26H24N6O2S. The number of carbonyl (C=O) groups excluding carboxylic acids is 1. The fraction of sp³-hybridized carbons (Fsp3) is 0.269. The van der Waals surface area contributed by atoms with E-state index in [4.69, 9.17) is 4.98 Å². The molecule has 3 aromatic heterocycles. The molecule has 0 radical (unpaired) electrons. The molecule has 1 atom stereocenters. The summed E-state index contributed by atoms with van der Waals surface area (Å²) >= 11 is 0. The number of rotatable bonds is 4. The largest absolute Gasteiger partial charge is 0.304 e. The van der Waals surface area contributed by atoms with Gasteiger partial charge in [-0.05, 0) is 29.9 Å². The van der Waals surface area contributed by atoms with Crippen LogP contribution in [0.4, 0.5) is 5.69 Å². The van der Waals surface area contributed by atoms with Crippen LogP contribution in [0, 0.1) is 0 Å². The van der Waals surface area contributed by atoms with Gasteiger partial charge < -0.3 is 4.90 Å².